The summed E-state index contributed by atoms with van der Waals surface area (Å²) in [6.45, 7) is 3.95. The Bertz CT molecular complexity index is 475. The Kier molecular flexibility index (Phi) is 7.39. The molecule has 5 nitrogen and oxygen atoms in total. The van der Waals surface area contributed by atoms with Crippen LogP contribution in [0.3, 0.4) is 0 Å². The summed E-state index contributed by atoms with van der Waals surface area (Å²) in [5.41, 5.74) is 0.834. The molecule has 0 aliphatic rings. The summed E-state index contributed by atoms with van der Waals surface area (Å²) in [5, 5.41) is 2.82. The molecule has 0 aliphatic heterocycles. The Balaban J connectivity index is 2.84. The minimum atomic E-state index is -0.564. The van der Waals surface area contributed by atoms with Crippen molar-refractivity contribution in [3.05, 3.63) is 34.3 Å². The van der Waals surface area contributed by atoms with E-state index >= 15 is 0 Å². The second kappa shape index (κ2) is 8.79. The first-order valence-corrected chi connectivity index (χ1v) is 7.51. The quantitative estimate of drug-likeness (QED) is 0.761. The van der Waals surface area contributed by atoms with E-state index in [1.165, 1.54) is 7.11 Å². The van der Waals surface area contributed by atoms with E-state index in [2.05, 4.69) is 26.0 Å². The number of halogens is 1. The minimum Gasteiger partial charge on any atom is -0.469 e. The molecule has 0 bridgehead atoms. The van der Waals surface area contributed by atoms with Gasteiger partial charge in [0.15, 0.2) is 0 Å². The molecule has 1 aromatic carbocycles. The maximum absolute atomic E-state index is 12.1. The molecule has 1 amide bonds. The van der Waals surface area contributed by atoms with Gasteiger partial charge in [0.25, 0.3) is 0 Å². The SMILES string of the molecule is CCOC(C)C(=O)NC(CC(=O)OC)c1ccc(Br)cc1. The highest BCUT2D eigenvalue weighted by molar-refractivity contribution is 9.10. The number of nitrogens with one attached hydrogen (secondary N) is 1. The first-order chi connectivity index (χ1) is 9.97. The number of carbonyl (C=O) groups excluding carboxylic acids is 2. The summed E-state index contributed by atoms with van der Waals surface area (Å²) in [5.74, 6) is -0.638. The fourth-order valence-electron chi connectivity index (χ4n) is 1.81. The number of hydrogen-bond donors (Lipinski definition) is 1. The highest BCUT2D eigenvalue weighted by Gasteiger charge is 2.22. The number of esters is 1. The second-order valence-corrected chi connectivity index (χ2v) is 5.41. The summed E-state index contributed by atoms with van der Waals surface area (Å²) in [7, 11) is 1.33. The zero-order valence-corrected chi connectivity index (χ0v) is 14.0. The fraction of sp³-hybridized carbons (Fsp3) is 0.467. The lowest BCUT2D eigenvalue weighted by molar-refractivity contribution is -0.141. The molecule has 2 unspecified atom stereocenters. The summed E-state index contributed by atoms with van der Waals surface area (Å²) < 4.78 is 10.9. The van der Waals surface area contributed by atoms with Crippen molar-refractivity contribution in [1.29, 1.82) is 0 Å². The molecular formula is C15H20BrNO4. The molecule has 6 heteroatoms. The lowest BCUT2D eigenvalue weighted by Crippen LogP contribution is -2.38. The predicted octanol–water partition coefficient (Wildman–Crippen LogP) is 2.59. The Morgan fingerprint density at radius 1 is 1.29 bits per heavy atom. The number of benzene rings is 1. The maximum atomic E-state index is 12.1. The van der Waals surface area contributed by atoms with E-state index in [1.807, 2.05) is 31.2 Å². The van der Waals surface area contributed by atoms with Gasteiger partial charge in [-0.3, -0.25) is 9.59 Å². The van der Waals surface area contributed by atoms with E-state index in [9.17, 15) is 9.59 Å². The molecule has 21 heavy (non-hydrogen) atoms. The number of methoxy groups -OCH3 is 1. The van der Waals surface area contributed by atoms with Crippen LogP contribution >= 0.6 is 15.9 Å². The van der Waals surface area contributed by atoms with E-state index < -0.39 is 12.1 Å². The van der Waals surface area contributed by atoms with Gasteiger partial charge >= 0.3 is 5.97 Å². The molecule has 0 aliphatic carbocycles. The first-order valence-electron chi connectivity index (χ1n) is 6.72. The topological polar surface area (TPSA) is 64.6 Å². The maximum Gasteiger partial charge on any atom is 0.307 e. The smallest absolute Gasteiger partial charge is 0.307 e. The third-order valence-corrected chi connectivity index (χ3v) is 3.50. The van der Waals surface area contributed by atoms with Crippen molar-refractivity contribution in [3.8, 4) is 0 Å². The molecule has 0 spiro atoms. The zero-order chi connectivity index (χ0) is 15.8. The van der Waals surface area contributed by atoms with Crippen LogP contribution in [0, 0.1) is 0 Å². The van der Waals surface area contributed by atoms with E-state index in [-0.39, 0.29) is 18.3 Å². The van der Waals surface area contributed by atoms with Gasteiger partial charge in [0.05, 0.1) is 19.6 Å². The zero-order valence-electron chi connectivity index (χ0n) is 12.4. The van der Waals surface area contributed by atoms with Crippen LogP contribution in [0.5, 0.6) is 0 Å². The van der Waals surface area contributed by atoms with Crippen molar-refractivity contribution < 1.29 is 19.1 Å². The number of hydrogen-bond acceptors (Lipinski definition) is 4. The van der Waals surface area contributed by atoms with Crippen LogP contribution < -0.4 is 5.32 Å². The van der Waals surface area contributed by atoms with Gasteiger partial charge in [-0.05, 0) is 31.5 Å². The molecule has 0 fully saturated rings. The third-order valence-electron chi connectivity index (χ3n) is 2.97. The van der Waals surface area contributed by atoms with Crippen molar-refractivity contribution in [3.63, 3.8) is 0 Å². The normalized spacial score (nSPS) is 13.3. The van der Waals surface area contributed by atoms with Crippen molar-refractivity contribution in [2.45, 2.75) is 32.4 Å². The summed E-state index contributed by atoms with van der Waals surface area (Å²) in [6.07, 6.45) is -0.492. The summed E-state index contributed by atoms with van der Waals surface area (Å²) in [4.78, 5) is 23.6. The number of amides is 1. The molecule has 1 aromatic rings. The highest BCUT2D eigenvalue weighted by atomic mass is 79.9. The van der Waals surface area contributed by atoms with Crippen LogP contribution in [0.25, 0.3) is 0 Å². The molecule has 1 N–H and O–H groups in total. The predicted molar refractivity (Wildman–Crippen MR) is 82.7 cm³/mol. The van der Waals surface area contributed by atoms with Gasteiger partial charge in [-0.25, -0.2) is 0 Å². The Morgan fingerprint density at radius 2 is 1.90 bits per heavy atom. The van der Waals surface area contributed by atoms with E-state index in [0.29, 0.717) is 6.61 Å². The van der Waals surface area contributed by atoms with Crippen LogP contribution in [0.15, 0.2) is 28.7 Å². The molecule has 0 saturated heterocycles. The standard InChI is InChI=1S/C15H20BrNO4/c1-4-21-10(2)15(19)17-13(9-14(18)20-3)11-5-7-12(16)8-6-11/h5-8,10,13H,4,9H2,1-3H3,(H,17,19). The average Bonchev–Trinajstić information content (AvgIpc) is 2.47. The van der Waals surface area contributed by atoms with Gasteiger partial charge in [0.2, 0.25) is 5.91 Å². The number of rotatable bonds is 7. The largest absolute Gasteiger partial charge is 0.469 e. The molecule has 0 aromatic heterocycles. The Labute approximate surface area is 133 Å². The molecule has 116 valence electrons. The van der Waals surface area contributed by atoms with Gasteiger partial charge in [0.1, 0.15) is 6.10 Å². The van der Waals surface area contributed by atoms with E-state index in [1.54, 1.807) is 6.92 Å². The van der Waals surface area contributed by atoms with E-state index in [0.717, 1.165) is 10.0 Å². The average molecular weight is 358 g/mol. The Morgan fingerprint density at radius 3 is 2.43 bits per heavy atom. The molecule has 0 saturated carbocycles. The van der Waals surface area contributed by atoms with Gasteiger partial charge in [0, 0.05) is 11.1 Å². The van der Waals surface area contributed by atoms with Crippen LogP contribution in [0.4, 0.5) is 0 Å². The van der Waals surface area contributed by atoms with Crippen molar-refractivity contribution in [2.75, 3.05) is 13.7 Å². The number of ether oxygens (including phenoxy) is 2. The van der Waals surface area contributed by atoms with Crippen LogP contribution in [-0.2, 0) is 19.1 Å². The molecule has 2 atom stereocenters. The third kappa shape index (κ3) is 5.85. The molecule has 1 rings (SSSR count). The second-order valence-electron chi connectivity index (χ2n) is 4.49. The van der Waals surface area contributed by atoms with Gasteiger partial charge < -0.3 is 14.8 Å². The van der Waals surface area contributed by atoms with Gasteiger partial charge in [-0.1, -0.05) is 28.1 Å². The summed E-state index contributed by atoms with van der Waals surface area (Å²) in [6, 6.07) is 6.98. The van der Waals surface area contributed by atoms with Crippen LogP contribution in [0.2, 0.25) is 0 Å². The first kappa shape index (κ1) is 17.7. The molecule has 0 radical (unpaired) electrons. The van der Waals surface area contributed by atoms with Crippen LogP contribution in [0.1, 0.15) is 31.9 Å². The molecule has 0 heterocycles. The highest BCUT2D eigenvalue weighted by Crippen LogP contribution is 2.20. The van der Waals surface area contributed by atoms with Crippen LogP contribution in [-0.4, -0.2) is 31.7 Å². The lowest BCUT2D eigenvalue weighted by atomic mass is 10.0. The minimum absolute atomic E-state index is 0.0721. The Hall–Kier alpha value is -1.40. The summed E-state index contributed by atoms with van der Waals surface area (Å²) >= 11 is 3.35. The van der Waals surface area contributed by atoms with Crippen molar-refractivity contribution in [1.82, 2.24) is 5.32 Å². The van der Waals surface area contributed by atoms with Crippen molar-refractivity contribution in [2.24, 2.45) is 0 Å². The lowest BCUT2D eigenvalue weighted by Gasteiger charge is -2.20. The monoisotopic (exact) mass is 357 g/mol. The van der Waals surface area contributed by atoms with E-state index in [4.69, 9.17) is 4.74 Å². The van der Waals surface area contributed by atoms with Crippen molar-refractivity contribution >= 4 is 27.8 Å². The number of carbonyl (C=O) groups is 2. The molecular weight excluding hydrogens is 338 g/mol. The van der Waals surface area contributed by atoms with Gasteiger partial charge in [-0.2, -0.15) is 0 Å². The fourth-order valence-corrected chi connectivity index (χ4v) is 2.08. The van der Waals surface area contributed by atoms with Gasteiger partial charge in [-0.15, -0.1) is 0 Å².